The molecule has 0 fully saturated rings. The van der Waals surface area contributed by atoms with Crippen LogP contribution in [0.15, 0.2) is 27.7 Å². The predicted octanol–water partition coefficient (Wildman–Crippen LogP) is 2.06. The molecule has 3 nitrogen and oxygen atoms in total. The van der Waals surface area contributed by atoms with Crippen LogP contribution in [0.25, 0.3) is 0 Å². The maximum absolute atomic E-state index is 6.99. The molecule has 0 aliphatic carbocycles. The molecule has 0 aromatic heterocycles. The van der Waals surface area contributed by atoms with Gasteiger partial charge in [0.1, 0.15) is 0 Å². The molecule has 0 saturated heterocycles. The SMILES string of the molecule is CC(=N)/C=N\C=C/N/C=C\I. The molecule has 0 radical (unpaired) electrons. The first-order valence-electron chi connectivity index (χ1n) is 3.02. The van der Waals surface area contributed by atoms with Crippen LogP contribution in [0.5, 0.6) is 0 Å². The smallest absolute Gasteiger partial charge is 0.0473 e. The van der Waals surface area contributed by atoms with E-state index < -0.39 is 0 Å². The summed E-state index contributed by atoms with van der Waals surface area (Å²) in [5, 5.41) is 9.85. The summed E-state index contributed by atoms with van der Waals surface area (Å²) in [6.45, 7) is 1.68. The lowest BCUT2D eigenvalue weighted by Crippen LogP contribution is -1.90. The minimum atomic E-state index is 0.444. The summed E-state index contributed by atoms with van der Waals surface area (Å²) in [6.07, 6.45) is 6.54. The fourth-order valence-corrected chi connectivity index (χ4v) is 0.540. The minimum Gasteiger partial charge on any atom is -0.366 e. The highest BCUT2D eigenvalue weighted by atomic mass is 127. The molecule has 0 bridgehead atoms. The molecule has 0 aromatic rings. The van der Waals surface area contributed by atoms with E-state index in [1.165, 1.54) is 6.21 Å². The fraction of sp³-hybridized carbons (Fsp3) is 0.143. The molecule has 0 aliphatic heterocycles. The zero-order chi connectivity index (χ0) is 8.53. The van der Waals surface area contributed by atoms with Crippen molar-refractivity contribution in [2.75, 3.05) is 0 Å². The van der Waals surface area contributed by atoms with Crippen molar-refractivity contribution in [1.29, 1.82) is 5.41 Å². The molecule has 0 spiro atoms. The first-order chi connectivity index (χ1) is 5.27. The first kappa shape index (κ1) is 10.3. The van der Waals surface area contributed by atoms with Crippen LogP contribution < -0.4 is 5.32 Å². The van der Waals surface area contributed by atoms with Crippen molar-refractivity contribution in [3.8, 4) is 0 Å². The average molecular weight is 263 g/mol. The number of aliphatic imine (C=N–C) groups is 1. The Hall–Kier alpha value is -0.650. The van der Waals surface area contributed by atoms with E-state index in [1.54, 1.807) is 25.5 Å². The van der Waals surface area contributed by atoms with Gasteiger partial charge < -0.3 is 10.7 Å². The van der Waals surface area contributed by atoms with Gasteiger partial charge in [0.2, 0.25) is 0 Å². The molecule has 4 heteroatoms. The van der Waals surface area contributed by atoms with E-state index in [0.717, 1.165) is 0 Å². The number of hydrogen-bond acceptors (Lipinski definition) is 3. The third-order valence-corrected chi connectivity index (χ3v) is 1.04. The molecule has 60 valence electrons. The van der Waals surface area contributed by atoms with Gasteiger partial charge in [-0.05, 0) is 11.0 Å². The van der Waals surface area contributed by atoms with Gasteiger partial charge in [0.25, 0.3) is 0 Å². The minimum absolute atomic E-state index is 0.444. The van der Waals surface area contributed by atoms with Gasteiger partial charge in [-0.15, -0.1) is 0 Å². The van der Waals surface area contributed by atoms with Gasteiger partial charge in [-0.1, -0.05) is 22.6 Å². The Morgan fingerprint density at radius 1 is 1.55 bits per heavy atom. The summed E-state index contributed by atoms with van der Waals surface area (Å²) in [5.41, 5.74) is 0.444. The highest BCUT2D eigenvalue weighted by Crippen LogP contribution is 1.79. The van der Waals surface area contributed by atoms with E-state index in [0.29, 0.717) is 5.71 Å². The molecule has 0 atom stereocenters. The Morgan fingerprint density at radius 3 is 2.82 bits per heavy atom. The fourth-order valence-electron chi connectivity index (χ4n) is 0.333. The Morgan fingerprint density at radius 2 is 2.27 bits per heavy atom. The van der Waals surface area contributed by atoms with Crippen molar-refractivity contribution in [3.63, 3.8) is 0 Å². The highest BCUT2D eigenvalue weighted by molar-refractivity contribution is 14.1. The molecule has 0 saturated carbocycles. The van der Waals surface area contributed by atoms with E-state index in [1.807, 2.05) is 4.08 Å². The number of nitrogens with one attached hydrogen (secondary N) is 2. The van der Waals surface area contributed by atoms with Crippen LogP contribution in [-0.2, 0) is 0 Å². The molecule has 0 aliphatic rings. The average Bonchev–Trinajstić information content (AvgIpc) is 1.96. The monoisotopic (exact) mass is 263 g/mol. The van der Waals surface area contributed by atoms with Crippen LogP contribution in [0, 0.1) is 5.41 Å². The zero-order valence-corrected chi connectivity index (χ0v) is 8.37. The molecule has 2 N–H and O–H groups in total. The lowest BCUT2D eigenvalue weighted by molar-refractivity contribution is 1.19. The standard InChI is InChI=1S/C7H10IN3/c1-7(9)6-11-5-4-10-3-2-8/h2-6,9-10H,1H3/b3-2-,5-4-,9-7?,11-6-. The molecule has 0 aromatic carbocycles. The van der Waals surface area contributed by atoms with Crippen LogP contribution in [0.2, 0.25) is 0 Å². The van der Waals surface area contributed by atoms with Crippen molar-refractivity contribution in [3.05, 3.63) is 22.7 Å². The largest absolute Gasteiger partial charge is 0.366 e. The van der Waals surface area contributed by atoms with Crippen molar-refractivity contribution in [2.24, 2.45) is 4.99 Å². The maximum atomic E-state index is 6.99. The van der Waals surface area contributed by atoms with E-state index in [9.17, 15) is 0 Å². The van der Waals surface area contributed by atoms with Gasteiger partial charge in [0, 0.05) is 30.5 Å². The van der Waals surface area contributed by atoms with Gasteiger partial charge in [-0.25, -0.2) is 0 Å². The molecule has 0 unspecified atom stereocenters. The third-order valence-electron chi connectivity index (χ3n) is 0.684. The maximum Gasteiger partial charge on any atom is 0.0473 e. The summed E-state index contributed by atoms with van der Waals surface area (Å²) in [7, 11) is 0. The van der Waals surface area contributed by atoms with Gasteiger partial charge in [0.05, 0.1) is 0 Å². The topological polar surface area (TPSA) is 48.2 Å². The van der Waals surface area contributed by atoms with E-state index in [2.05, 4.69) is 32.9 Å². The van der Waals surface area contributed by atoms with Crippen molar-refractivity contribution < 1.29 is 0 Å². The highest BCUT2D eigenvalue weighted by Gasteiger charge is 1.71. The lowest BCUT2D eigenvalue weighted by atomic mass is 10.5. The second-order valence-corrected chi connectivity index (χ2v) is 2.46. The summed E-state index contributed by atoms with van der Waals surface area (Å²) in [5.74, 6) is 0. The number of halogens is 1. The normalized spacial score (nSPS) is 11.8. The summed E-state index contributed by atoms with van der Waals surface area (Å²) >= 11 is 2.11. The Kier molecular flexibility index (Phi) is 7.02. The van der Waals surface area contributed by atoms with Crippen molar-refractivity contribution >= 4 is 34.5 Å². The molecule has 11 heavy (non-hydrogen) atoms. The molecule has 0 rings (SSSR count). The van der Waals surface area contributed by atoms with Gasteiger partial charge in [-0.2, -0.15) is 0 Å². The van der Waals surface area contributed by atoms with Gasteiger partial charge in [-0.3, -0.25) is 4.99 Å². The summed E-state index contributed by atoms with van der Waals surface area (Å²) < 4.78 is 1.85. The Bertz CT molecular complexity index is 194. The van der Waals surface area contributed by atoms with Crippen molar-refractivity contribution in [1.82, 2.24) is 5.32 Å². The quantitative estimate of drug-likeness (QED) is 0.592. The zero-order valence-electron chi connectivity index (χ0n) is 6.21. The van der Waals surface area contributed by atoms with E-state index >= 15 is 0 Å². The van der Waals surface area contributed by atoms with E-state index in [-0.39, 0.29) is 0 Å². The Labute approximate surface area is 79.9 Å². The Balaban J connectivity index is 3.52. The molecular formula is C7H10IN3. The molecular weight excluding hydrogens is 253 g/mol. The van der Waals surface area contributed by atoms with Crippen LogP contribution in [0.3, 0.4) is 0 Å². The van der Waals surface area contributed by atoms with Crippen LogP contribution in [0.4, 0.5) is 0 Å². The third kappa shape index (κ3) is 9.35. The molecule has 0 heterocycles. The van der Waals surface area contributed by atoms with Gasteiger partial charge in [0.15, 0.2) is 0 Å². The van der Waals surface area contributed by atoms with E-state index in [4.69, 9.17) is 5.41 Å². The number of nitrogens with zero attached hydrogens (tertiary/aromatic N) is 1. The summed E-state index contributed by atoms with van der Waals surface area (Å²) in [6, 6.07) is 0. The van der Waals surface area contributed by atoms with Crippen LogP contribution in [-0.4, -0.2) is 11.9 Å². The van der Waals surface area contributed by atoms with Crippen molar-refractivity contribution in [2.45, 2.75) is 6.92 Å². The second kappa shape index (κ2) is 7.46. The first-order valence-corrected chi connectivity index (χ1v) is 4.26. The lowest BCUT2D eigenvalue weighted by Gasteiger charge is -1.83. The number of rotatable bonds is 4. The van der Waals surface area contributed by atoms with Gasteiger partial charge >= 0.3 is 0 Å². The molecule has 0 amide bonds. The predicted molar refractivity (Wildman–Crippen MR) is 57.3 cm³/mol. The van der Waals surface area contributed by atoms with Crippen LogP contribution >= 0.6 is 22.6 Å². The number of hydrogen-bond donors (Lipinski definition) is 2. The van der Waals surface area contributed by atoms with Crippen LogP contribution in [0.1, 0.15) is 6.92 Å². The second-order valence-electron chi connectivity index (χ2n) is 1.74. The summed E-state index contributed by atoms with van der Waals surface area (Å²) in [4.78, 5) is 3.81.